The predicted octanol–water partition coefficient (Wildman–Crippen LogP) is 2.45. The van der Waals surface area contributed by atoms with Crippen LogP contribution in [0, 0.1) is 0 Å². The molecule has 0 aliphatic heterocycles. The Balaban J connectivity index is 2.89. The van der Waals surface area contributed by atoms with Crippen molar-refractivity contribution in [3.63, 3.8) is 0 Å². The number of thiophene rings is 1. The second-order valence-electron chi connectivity index (χ2n) is 3.20. The summed E-state index contributed by atoms with van der Waals surface area (Å²) >= 11 is 1.53. The van der Waals surface area contributed by atoms with Gasteiger partial charge in [0.05, 0.1) is 5.54 Å². The van der Waals surface area contributed by atoms with E-state index in [1.54, 1.807) is 0 Å². The van der Waals surface area contributed by atoms with Crippen molar-refractivity contribution in [1.29, 1.82) is 0 Å². The van der Waals surface area contributed by atoms with Crippen molar-refractivity contribution in [2.45, 2.75) is 32.2 Å². The number of rotatable bonds is 4. The van der Waals surface area contributed by atoms with E-state index in [2.05, 4.69) is 0 Å². The lowest BCUT2D eigenvalue weighted by Crippen LogP contribution is -2.46. The average Bonchev–Trinajstić information content (AvgIpc) is 2.68. The molecule has 0 amide bonds. The zero-order valence-corrected chi connectivity index (χ0v) is 8.86. The van der Waals surface area contributed by atoms with Crippen LogP contribution in [-0.4, -0.2) is 11.3 Å². The number of carbonyl (C=O) groups excluding carboxylic acids is 1. The fourth-order valence-electron chi connectivity index (χ4n) is 1.25. The van der Waals surface area contributed by atoms with Crippen LogP contribution in [0.25, 0.3) is 0 Å². The molecule has 1 heterocycles. The molecule has 0 aromatic carbocycles. The number of hydrogen-bond acceptors (Lipinski definition) is 3. The molecule has 0 bridgehead atoms. The van der Waals surface area contributed by atoms with Gasteiger partial charge in [0.25, 0.3) is 0 Å². The number of carbonyl (C=O) groups is 1. The van der Waals surface area contributed by atoms with Crippen LogP contribution < -0.4 is 5.73 Å². The molecule has 1 rings (SSSR count). The highest BCUT2D eigenvalue weighted by Crippen LogP contribution is 2.19. The number of nitrogens with two attached hydrogens (primary N) is 1. The number of ketones is 1. The standard InChI is InChI=1S/C10H15NOS/c1-3-10(11,4-2)9(12)8-5-6-13-7-8/h5-7H,3-4,11H2,1-2H3. The molecule has 0 saturated heterocycles. The molecule has 13 heavy (non-hydrogen) atoms. The maximum absolute atomic E-state index is 11.9. The van der Waals surface area contributed by atoms with Gasteiger partial charge in [-0.15, -0.1) is 0 Å². The minimum atomic E-state index is -0.666. The van der Waals surface area contributed by atoms with Crippen LogP contribution >= 0.6 is 11.3 Å². The van der Waals surface area contributed by atoms with Crippen molar-refractivity contribution in [1.82, 2.24) is 0 Å². The fourth-order valence-corrected chi connectivity index (χ4v) is 1.89. The molecule has 2 N–H and O–H groups in total. The molecule has 3 heteroatoms. The summed E-state index contributed by atoms with van der Waals surface area (Å²) in [4.78, 5) is 11.9. The molecule has 0 unspecified atom stereocenters. The normalized spacial score (nSPS) is 11.6. The first-order chi connectivity index (χ1) is 6.14. The lowest BCUT2D eigenvalue weighted by molar-refractivity contribution is 0.0880. The maximum Gasteiger partial charge on any atom is 0.183 e. The summed E-state index contributed by atoms with van der Waals surface area (Å²) in [6.07, 6.45) is 1.39. The van der Waals surface area contributed by atoms with Crippen molar-refractivity contribution < 1.29 is 4.79 Å². The third kappa shape index (κ3) is 1.98. The maximum atomic E-state index is 11.9. The molecule has 0 fully saturated rings. The molecule has 1 aromatic heterocycles. The van der Waals surface area contributed by atoms with Gasteiger partial charge in [0.15, 0.2) is 5.78 Å². The lowest BCUT2D eigenvalue weighted by atomic mass is 9.86. The molecule has 0 saturated carbocycles. The Morgan fingerprint density at radius 3 is 2.54 bits per heavy atom. The van der Waals surface area contributed by atoms with Gasteiger partial charge in [0.1, 0.15) is 0 Å². The quantitative estimate of drug-likeness (QED) is 0.753. The first-order valence-electron chi connectivity index (χ1n) is 4.50. The molecular formula is C10H15NOS. The highest BCUT2D eigenvalue weighted by molar-refractivity contribution is 7.08. The minimum absolute atomic E-state index is 0.0683. The Hall–Kier alpha value is -0.670. The van der Waals surface area contributed by atoms with Gasteiger partial charge in [-0.1, -0.05) is 13.8 Å². The Bertz CT molecular complexity index is 275. The van der Waals surface area contributed by atoms with E-state index in [4.69, 9.17) is 5.73 Å². The molecular weight excluding hydrogens is 182 g/mol. The zero-order valence-electron chi connectivity index (χ0n) is 8.04. The van der Waals surface area contributed by atoms with Gasteiger partial charge in [0, 0.05) is 10.9 Å². The zero-order chi connectivity index (χ0) is 9.90. The lowest BCUT2D eigenvalue weighted by Gasteiger charge is -2.24. The molecule has 1 aromatic rings. The van der Waals surface area contributed by atoms with Crippen LogP contribution in [0.15, 0.2) is 16.8 Å². The highest BCUT2D eigenvalue weighted by atomic mass is 32.1. The van der Waals surface area contributed by atoms with Gasteiger partial charge >= 0.3 is 0 Å². The summed E-state index contributed by atoms with van der Waals surface area (Å²) in [6, 6.07) is 1.83. The van der Waals surface area contributed by atoms with Crippen LogP contribution in [-0.2, 0) is 0 Å². The van der Waals surface area contributed by atoms with Crippen molar-refractivity contribution in [3.05, 3.63) is 22.4 Å². The predicted molar refractivity (Wildman–Crippen MR) is 56.1 cm³/mol. The van der Waals surface area contributed by atoms with Crippen molar-refractivity contribution in [2.75, 3.05) is 0 Å². The van der Waals surface area contributed by atoms with E-state index in [-0.39, 0.29) is 5.78 Å². The van der Waals surface area contributed by atoms with Crippen LogP contribution in [0.4, 0.5) is 0 Å². The van der Waals surface area contributed by atoms with Gasteiger partial charge in [0.2, 0.25) is 0 Å². The van der Waals surface area contributed by atoms with Crippen molar-refractivity contribution in [3.8, 4) is 0 Å². The Labute approximate surface area is 82.8 Å². The first kappa shape index (κ1) is 10.4. The van der Waals surface area contributed by atoms with Gasteiger partial charge in [-0.2, -0.15) is 11.3 Å². The minimum Gasteiger partial charge on any atom is -0.319 e. The van der Waals surface area contributed by atoms with E-state index < -0.39 is 5.54 Å². The molecule has 0 atom stereocenters. The molecule has 0 spiro atoms. The Morgan fingerprint density at radius 1 is 1.54 bits per heavy atom. The van der Waals surface area contributed by atoms with E-state index in [0.29, 0.717) is 12.8 Å². The molecule has 72 valence electrons. The Kier molecular flexibility index (Phi) is 3.22. The fraction of sp³-hybridized carbons (Fsp3) is 0.500. The van der Waals surface area contributed by atoms with E-state index in [1.807, 2.05) is 30.7 Å². The molecule has 0 aliphatic carbocycles. The first-order valence-corrected chi connectivity index (χ1v) is 5.44. The van der Waals surface area contributed by atoms with Crippen molar-refractivity contribution in [2.24, 2.45) is 5.73 Å². The highest BCUT2D eigenvalue weighted by Gasteiger charge is 2.30. The average molecular weight is 197 g/mol. The summed E-state index contributed by atoms with van der Waals surface area (Å²) in [5, 5.41) is 3.76. The monoisotopic (exact) mass is 197 g/mol. The topological polar surface area (TPSA) is 43.1 Å². The smallest absolute Gasteiger partial charge is 0.183 e. The largest absolute Gasteiger partial charge is 0.319 e. The van der Waals surface area contributed by atoms with Crippen LogP contribution in [0.3, 0.4) is 0 Å². The third-order valence-corrected chi connectivity index (χ3v) is 3.18. The van der Waals surface area contributed by atoms with E-state index in [9.17, 15) is 4.79 Å². The Morgan fingerprint density at radius 2 is 2.15 bits per heavy atom. The van der Waals surface area contributed by atoms with E-state index in [0.717, 1.165) is 5.56 Å². The van der Waals surface area contributed by atoms with Crippen molar-refractivity contribution >= 4 is 17.1 Å². The summed E-state index contributed by atoms with van der Waals surface area (Å²) in [6.45, 7) is 3.90. The van der Waals surface area contributed by atoms with Gasteiger partial charge in [-0.25, -0.2) is 0 Å². The van der Waals surface area contributed by atoms with Gasteiger partial charge in [-0.05, 0) is 24.3 Å². The number of Topliss-reactive ketones (excluding diaryl/α,β-unsaturated/α-hetero) is 1. The summed E-state index contributed by atoms with van der Waals surface area (Å²) in [7, 11) is 0. The third-order valence-electron chi connectivity index (χ3n) is 2.50. The molecule has 0 radical (unpaired) electrons. The SMILES string of the molecule is CCC(N)(CC)C(=O)c1ccsc1. The summed E-state index contributed by atoms with van der Waals surface area (Å²) in [5.41, 5.74) is 6.07. The van der Waals surface area contributed by atoms with E-state index in [1.165, 1.54) is 11.3 Å². The van der Waals surface area contributed by atoms with Crippen LogP contribution in [0.1, 0.15) is 37.0 Å². The number of hydrogen-bond donors (Lipinski definition) is 1. The van der Waals surface area contributed by atoms with E-state index >= 15 is 0 Å². The second kappa shape index (κ2) is 4.03. The van der Waals surface area contributed by atoms with Crippen LogP contribution in [0.2, 0.25) is 0 Å². The second-order valence-corrected chi connectivity index (χ2v) is 3.98. The van der Waals surface area contributed by atoms with Crippen LogP contribution in [0.5, 0.6) is 0 Å². The van der Waals surface area contributed by atoms with Gasteiger partial charge < -0.3 is 5.73 Å². The summed E-state index contributed by atoms with van der Waals surface area (Å²) in [5.74, 6) is 0.0683. The molecule has 2 nitrogen and oxygen atoms in total. The van der Waals surface area contributed by atoms with Gasteiger partial charge in [-0.3, -0.25) is 4.79 Å². The molecule has 0 aliphatic rings. The summed E-state index contributed by atoms with van der Waals surface area (Å²) < 4.78 is 0.